The lowest BCUT2D eigenvalue weighted by Crippen LogP contribution is -2.36. The third-order valence-corrected chi connectivity index (χ3v) is 4.80. The van der Waals surface area contributed by atoms with Gasteiger partial charge in [0.15, 0.2) is 0 Å². The van der Waals surface area contributed by atoms with Gasteiger partial charge in [-0.05, 0) is 41.8 Å². The summed E-state index contributed by atoms with van der Waals surface area (Å²) in [6.07, 6.45) is -4.56. The van der Waals surface area contributed by atoms with Crippen LogP contribution in [0.4, 0.5) is 18.9 Å². The van der Waals surface area contributed by atoms with Crippen molar-refractivity contribution in [2.75, 3.05) is 5.32 Å². The maximum Gasteiger partial charge on any atom is 0.416 e. The predicted octanol–water partition coefficient (Wildman–Crippen LogP) is 4.88. The molecular formula is C20H15F3N2O2S. The van der Waals surface area contributed by atoms with Crippen molar-refractivity contribution in [2.45, 2.75) is 12.2 Å². The van der Waals surface area contributed by atoms with E-state index in [0.717, 1.165) is 18.2 Å². The molecule has 1 aromatic heterocycles. The van der Waals surface area contributed by atoms with Crippen LogP contribution in [0.15, 0.2) is 72.1 Å². The van der Waals surface area contributed by atoms with Crippen LogP contribution < -0.4 is 10.6 Å². The van der Waals surface area contributed by atoms with Crippen molar-refractivity contribution in [1.82, 2.24) is 5.32 Å². The molecule has 2 aromatic carbocycles. The van der Waals surface area contributed by atoms with Gasteiger partial charge >= 0.3 is 6.18 Å². The van der Waals surface area contributed by atoms with Crippen LogP contribution in [0.25, 0.3) is 0 Å². The van der Waals surface area contributed by atoms with Crippen LogP contribution in [0.1, 0.15) is 26.8 Å². The van der Waals surface area contributed by atoms with Gasteiger partial charge in [0.25, 0.3) is 11.8 Å². The maximum atomic E-state index is 12.9. The number of carbonyl (C=O) groups excluding carboxylic acids is 2. The summed E-state index contributed by atoms with van der Waals surface area (Å²) >= 11 is 1.26. The number of amides is 2. The van der Waals surface area contributed by atoms with Gasteiger partial charge in [0.2, 0.25) is 0 Å². The molecule has 1 unspecified atom stereocenters. The molecule has 8 heteroatoms. The molecule has 1 atom stereocenters. The quantitative estimate of drug-likeness (QED) is 0.637. The van der Waals surface area contributed by atoms with E-state index in [1.54, 1.807) is 47.8 Å². The first kappa shape index (κ1) is 19.6. The van der Waals surface area contributed by atoms with Crippen LogP contribution in [-0.2, 0) is 11.0 Å². The highest BCUT2D eigenvalue weighted by atomic mass is 32.1. The molecule has 0 aliphatic carbocycles. The minimum Gasteiger partial charge on any atom is -0.336 e. The fraction of sp³-hybridized carbons (Fsp3) is 0.100. The molecule has 0 aliphatic heterocycles. The maximum absolute atomic E-state index is 12.9. The van der Waals surface area contributed by atoms with E-state index in [9.17, 15) is 22.8 Å². The molecule has 0 aliphatic rings. The van der Waals surface area contributed by atoms with Crippen molar-refractivity contribution < 1.29 is 22.8 Å². The molecule has 3 aromatic rings. The summed E-state index contributed by atoms with van der Waals surface area (Å²) in [6.45, 7) is 0. The zero-order valence-electron chi connectivity index (χ0n) is 14.4. The summed E-state index contributed by atoms with van der Waals surface area (Å²) < 4.78 is 38.7. The summed E-state index contributed by atoms with van der Waals surface area (Å²) in [6, 6.07) is 15.1. The first-order chi connectivity index (χ1) is 13.3. The highest BCUT2D eigenvalue weighted by Crippen LogP contribution is 2.30. The van der Waals surface area contributed by atoms with Gasteiger partial charge in [0.1, 0.15) is 6.04 Å². The number of anilines is 1. The molecule has 2 amide bonds. The van der Waals surface area contributed by atoms with Crippen LogP contribution in [-0.4, -0.2) is 11.8 Å². The molecule has 3 rings (SSSR count). The lowest BCUT2D eigenvalue weighted by atomic mass is 10.1. The molecule has 0 bridgehead atoms. The van der Waals surface area contributed by atoms with E-state index in [1.165, 1.54) is 17.4 Å². The minimum absolute atomic E-state index is 0.177. The van der Waals surface area contributed by atoms with Crippen LogP contribution in [0, 0.1) is 0 Å². The average molecular weight is 404 g/mol. The molecule has 0 spiro atoms. The third-order valence-electron chi connectivity index (χ3n) is 3.86. The monoisotopic (exact) mass is 404 g/mol. The summed E-state index contributed by atoms with van der Waals surface area (Å²) in [7, 11) is 0. The lowest BCUT2D eigenvalue weighted by molar-refractivity contribution is -0.137. The second kappa shape index (κ2) is 8.26. The average Bonchev–Trinajstić information content (AvgIpc) is 3.20. The number of hydrogen-bond acceptors (Lipinski definition) is 3. The van der Waals surface area contributed by atoms with E-state index in [1.807, 2.05) is 0 Å². The van der Waals surface area contributed by atoms with Crippen molar-refractivity contribution in [3.63, 3.8) is 0 Å². The molecule has 144 valence electrons. The molecule has 4 nitrogen and oxygen atoms in total. The number of alkyl halides is 3. The Morgan fingerprint density at radius 2 is 1.68 bits per heavy atom. The fourth-order valence-electron chi connectivity index (χ4n) is 2.51. The standard InChI is InChI=1S/C20H15F3N2O2S/c21-20(22,23)14-7-4-6-13(12-14)18(26)25-17(16-10-5-11-28-16)19(27)24-15-8-2-1-3-9-15/h1-12,17H,(H,24,27)(H,25,26). The van der Waals surface area contributed by atoms with Crippen molar-refractivity contribution in [3.8, 4) is 0 Å². The molecule has 2 N–H and O–H groups in total. The van der Waals surface area contributed by atoms with Gasteiger partial charge in [0, 0.05) is 16.1 Å². The van der Waals surface area contributed by atoms with Crippen molar-refractivity contribution in [2.24, 2.45) is 0 Å². The lowest BCUT2D eigenvalue weighted by Gasteiger charge is -2.18. The Bertz CT molecular complexity index is 957. The number of benzene rings is 2. The van der Waals surface area contributed by atoms with Gasteiger partial charge in [-0.15, -0.1) is 11.3 Å². The summed E-state index contributed by atoms with van der Waals surface area (Å²) in [5, 5.41) is 6.97. The van der Waals surface area contributed by atoms with Gasteiger partial charge in [0.05, 0.1) is 5.56 Å². The topological polar surface area (TPSA) is 58.2 Å². The van der Waals surface area contributed by atoms with E-state index in [2.05, 4.69) is 10.6 Å². The van der Waals surface area contributed by atoms with E-state index in [0.29, 0.717) is 10.6 Å². The van der Waals surface area contributed by atoms with E-state index >= 15 is 0 Å². The Hall–Kier alpha value is -3.13. The Labute approximate surface area is 163 Å². The molecule has 0 saturated heterocycles. The second-order valence-electron chi connectivity index (χ2n) is 5.86. The Balaban J connectivity index is 1.82. The Kier molecular flexibility index (Phi) is 5.79. The summed E-state index contributed by atoms with van der Waals surface area (Å²) in [4.78, 5) is 25.8. The predicted molar refractivity (Wildman–Crippen MR) is 101 cm³/mol. The number of nitrogens with one attached hydrogen (secondary N) is 2. The van der Waals surface area contributed by atoms with E-state index in [-0.39, 0.29) is 5.56 Å². The first-order valence-corrected chi connectivity index (χ1v) is 9.10. The summed E-state index contributed by atoms with van der Waals surface area (Å²) in [5.41, 5.74) is -0.562. The highest BCUT2D eigenvalue weighted by Gasteiger charge is 2.31. The van der Waals surface area contributed by atoms with Crippen molar-refractivity contribution in [3.05, 3.63) is 88.1 Å². The molecule has 0 fully saturated rings. The van der Waals surface area contributed by atoms with Crippen molar-refractivity contribution in [1.29, 1.82) is 0 Å². The minimum atomic E-state index is -4.56. The van der Waals surface area contributed by atoms with Gasteiger partial charge in [-0.2, -0.15) is 13.2 Å². The van der Waals surface area contributed by atoms with Crippen LogP contribution in [0.2, 0.25) is 0 Å². The highest BCUT2D eigenvalue weighted by molar-refractivity contribution is 7.10. The van der Waals surface area contributed by atoms with Crippen LogP contribution >= 0.6 is 11.3 Å². The Morgan fingerprint density at radius 3 is 2.32 bits per heavy atom. The number of carbonyl (C=O) groups is 2. The first-order valence-electron chi connectivity index (χ1n) is 8.22. The van der Waals surface area contributed by atoms with Gasteiger partial charge in [-0.1, -0.05) is 30.3 Å². The van der Waals surface area contributed by atoms with Gasteiger partial charge in [-0.25, -0.2) is 0 Å². The molecule has 0 radical (unpaired) electrons. The zero-order valence-corrected chi connectivity index (χ0v) is 15.2. The van der Waals surface area contributed by atoms with E-state index in [4.69, 9.17) is 0 Å². The van der Waals surface area contributed by atoms with Gasteiger partial charge < -0.3 is 10.6 Å². The summed E-state index contributed by atoms with van der Waals surface area (Å²) in [5.74, 6) is -1.26. The van der Waals surface area contributed by atoms with Crippen molar-refractivity contribution >= 4 is 28.8 Å². The molecule has 1 heterocycles. The number of rotatable bonds is 5. The number of hydrogen-bond donors (Lipinski definition) is 2. The number of thiophene rings is 1. The Morgan fingerprint density at radius 1 is 0.929 bits per heavy atom. The smallest absolute Gasteiger partial charge is 0.336 e. The number of halogens is 3. The normalized spacial score (nSPS) is 12.2. The molecular weight excluding hydrogens is 389 g/mol. The molecule has 28 heavy (non-hydrogen) atoms. The number of para-hydroxylation sites is 1. The third kappa shape index (κ3) is 4.77. The van der Waals surface area contributed by atoms with Crippen LogP contribution in [0.3, 0.4) is 0 Å². The largest absolute Gasteiger partial charge is 0.416 e. The van der Waals surface area contributed by atoms with Gasteiger partial charge in [-0.3, -0.25) is 9.59 Å². The zero-order chi connectivity index (χ0) is 20.1. The second-order valence-corrected chi connectivity index (χ2v) is 6.84. The van der Waals surface area contributed by atoms with Crippen LogP contribution in [0.5, 0.6) is 0 Å². The SMILES string of the molecule is O=C(NC(C(=O)Nc1ccccc1)c1cccs1)c1cccc(C(F)(F)F)c1. The van der Waals surface area contributed by atoms with E-state index < -0.39 is 29.6 Å². The molecule has 0 saturated carbocycles. The fourth-order valence-corrected chi connectivity index (χ4v) is 3.28.